The summed E-state index contributed by atoms with van der Waals surface area (Å²) in [5, 5.41) is 10.2. The summed E-state index contributed by atoms with van der Waals surface area (Å²) in [6, 6.07) is 26.0. The first-order valence-electron chi connectivity index (χ1n) is 10.4. The first kappa shape index (κ1) is 23.1. The molecule has 3 aromatic carbocycles. The molecular formula is C27H22BrNO3S. The zero-order valence-corrected chi connectivity index (χ0v) is 20.3. The number of benzene rings is 3. The molecule has 0 aliphatic carbocycles. The SMILES string of the molecule is CC(Oc1ccccc1CSc1ccc(/C=C/c2ccc3ccc(Br)cc3n2)cc1)C(=O)O. The van der Waals surface area contributed by atoms with Crippen LogP contribution in [-0.2, 0) is 10.5 Å². The van der Waals surface area contributed by atoms with Crippen molar-refractivity contribution in [2.24, 2.45) is 0 Å². The van der Waals surface area contributed by atoms with Gasteiger partial charge in [0.2, 0.25) is 0 Å². The van der Waals surface area contributed by atoms with Crippen molar-refractivity contribution in [2.75, 3.05) is 0 Å². The standard InChI is InChI=1S/C27H22BrNO3S/c1-18(27(30)31)32-26-5-3-2-4-21(26)17-33-24-14-7-19(8-15-24)6-12-23-13-10-20-9-11-22(28)16-25(20)29-23/h2-16,18H,17H2,1H3,(H,30,31)/b12-6+. The number of fused-ring (bicyclic) bond motifs is 1. The van der Waals surface area contributed by atoms with E-state index in [1.165, 1.54) is 6.92 Å². The van der Waals surface area contributed by atoms with E-state index in [0.717, 1.165) is 37.1 Å². The molecule has 4 rings (SSSR count). The number of hydrogen-bond donors (Lipinski definition) is 1. The highest BCUT2D eigenvalue weighted by Gasteiger charge is 2.14. The van der Waals surface area contributed by atoms with Gasteiger partial charge in [-0.1, -0.05) is 64.5 Å². The third kappa shape index (κ3) is 6.24. The molecule has 1 heterocycles. The maximum atomic E-state index is 11.1. The molecule has 0 saturated heterocycles. The average Bonchev–Trinajstić information content (AvgIpc) is 2.82. The number of carbonyl (C=O) groups is 1. The summed E-state index contributed by atoms with van der Waals surface area (Å²) in [4.78, 5) is 16.9. The lowest BCUT2D eigenvalue weighted by Crippen LogP contribution is -2.23. The van der Waals surface area contributed by atoms with Crippen molar-refractivity contribution < 1.29 is 14.6 Å². The highest BCUT2D eigenvalue weighted by atomic mass is 79.9. The van der Waals surface area contributed by atoms with Crippen LogP contribution in [0, 0.1) is 0 Å². The van der Waals surface area contributed by atoms with Crippen LogP contribution in [0.4, 0.5) is 0 Å². The summed E-state index contributed by atoms with van der Waals surface area (Å²) in [7, 11) is 0. The monoisotopic (exact) mass is 519 g/mol. The summed E-state index contributed by atoms with van der Waals surface area (Å²) >= 11 is 5.18. The van der Waals surface area contributed by atoms with Gasteiger partial charge in [0.1, 0.15) is 5.75 Å². The number of para-hydroxylation sites is 1. The molecule has 0 saturated carbocycles. The Hall–Kier alpha value is -3.09. The van der Waals surface area contributed by atoms with Crippen LogP contribution in [-0.4, -0.2) is 22.2 Å². The summed E-state index contributed by atoms with van der Waals surface area (Å²) < 4.78 is 6.61. The van der Waals surface area contributed by atoms with Crippen LogP contribution in [0.2, 0.25) is 0 Å². The summed E-state index contributed by atoms with van der Waals surface area (Å²) in [6.07, 6.45) is 3.18. The molecule has 4 aromatic rings. The minimum Gasteiger partial charge on any atom is -0.479 e. The molecule has 166 valence electrons. The number of rotatable bonds is 8. The first-order valence-corrected chi connectivity index (χ1v) is 12.2. The lowest BCUT2D eigenvalue weighted by molar-refractivity contribution is -0.144. The number of pyridine rings is 1. The van der Waals surface area contributed by atoms with E-state index in [4.69, 9.17) is 14.8 Å². The molecule has 1 unspecified atom stereocenters. The van der Waals surface area contributed by atoms with Crippen LogP contribution in [0.15, 0.2) is 88.2 Å². The van der Waals surface area contributed by atoms with Crippen molar-refractivity contribution in [3.63, 3.8) is 0 Å². The van der Waals surface area contributed by atoms with E-state index in [-0.39, 0.29) is 0 Å². The number of carboxylic acids is 1. The van der Waals surface area contributed by atoms with Gasteiger partial charge < -0.3 is 9.84 Å². The van der Waals surface area contributed by atoms with Crippen molar-refractivity contribution in [1.29, 1.82) is 0 Å². The topological polar surface area (TPSA) is 59.4 Å². The molecule has 0 bridgehead atoms. The van der Waals surface area contributed by atoms with E-state index in [2.05, 4.69) is 52.3 Å². The third-order valence-corrected chi connectivity index (χ3v) is 6.57. The number of hydrogen-bond acceptors (Lipinski definition) is 4. The molecule has 0 spiro atoms. The Morgan fingerprint density at radius 3 is 2.61 bits per heavy atom. The summed E-state index contributed by atoms with van der Waals surface area (Å²) in [5.74, 6) is 0.316. The Bertz CT molecular complexity index is 1300. The van der Waals surface area contributed by atoms with Gasteiger partial charge in [-0.2, -0.15) is 0 Å². The molecule has 4 nitrogen and oxygen atoms in total. The minimum absolute atomic E-state index is 0.606. The Morgan fingerprint density at radius 1 is 1.06 bits per heavy atom. The van der Waals surface area contributed by atoms with Gasteiger partial charge in [-0.25, -0.2) is 9.78 Å². The van der Waals surface area contributed by atoms with Crippen molar-refractivity contribution >= 4 is 56.7 Å². The lowest BCUT2D eigenvalue weighted by Gasteiger charge is -2.14. The Kier molecular flexibility index (Phi) is 7.47. The first-order chi connectivity index (χ1) is 16.0. The largest absolute Gasteiger partial charge is 0.479 e. The zero-order chi connectivity index (χ0) is 23.2. The van der Waals surface area contributed by atoms with Gasteiger partial charge in [0, 0.05) is 26.1 Å². The highest BCUT2D eigenvalue weighted by molar-refractivity contribution is 9.10. The fourth-order valence-corrected chi connectivity index (χ4v) is 4.43. The molecule has 33 heavy (non-hydrogen) atoms. The Morgan fingerprint density at radius 2 is 1.82 bits per heavy atom. The van der Waals surface area contributed by atoms with Gasteiger partial charge in [0.05, 0.1) is 11.2 Å². The van der Waals surface area contributed by atoms with Crippen molar-refractivity contribution in [2.45, 2.75) is 23.7 Å². The third-order valence-electron chi connectivity index (χ3n) is 5.02. The van der Waals surface area contributed by atoms with Gasteiger partial charge in [0.25, 0.3) is 0 Å². The maximum Gasteiger partial charge on any atom is 0.344 e. The second-order valence-electron chi connectivity index (χ2n) is 7.47. The number of carboxylic acid groups (broad SMARTS) is 1. The fourth-order valence-electron chi connectivity index (χ4n) is 3.20. The molecule has 1 aromatic heterocycles. The van der Waals surface area contributed by atoms with Crippen LogP contribution in [0.3, 0.4) is 0 Å². The van der Waals surface area contributed by atoms with Gasteiger partial charge in [-0.15, -0.1) is 11.8 Å². The molecule has 0 amide bonds. The quantitative estimate of drug-likeness (QED) is 0.247. The van der Waals surface area contributed by atoms with Crippen LogP contribution >= 0.6 is 27.7 Å². The summed E-state index contributed by atoms with van der Waals surface area (Å²) in [5.41, 5.74) is 3.93. The van der Waals surface area contributed by atoms with Crippen molar-refractivity contribution in [3.8, 4) is 5.75 Å². The van der Waals surface area contributed by atoms with E-state index in [1.807, 2.05) is 54.6 Å². The van der Waals surface area contributed by atoms with Gasteiger partial charge in [-0.05, 0) is 55.0 Å². The zero-order valence-electron chi connectivity index (χ0n) is 17.9. The number of nitrogens with zero attached hydrogens (tertiary/aromatic N) is 1. The maximum absolute atomic E-state index is 11.1. The smallest absolute Gasteiger partial charge is 0.344 e. The number of aromatic nitrogens is 1. The van der Waals surface area contributed by atoms with E-state index in [0.29, 0.717) is 11.5 Å². The van der Waals surface area contributed by atoms with Gasteiger partial charge in [-0.3, -0.25) is 0 Å². The predicted octanol–water partition coefficient (Wildman–Crippen LogP) is 7.31. The molecular weight excluding hydrogens is 498 g/mol. The van der Waals surface area contributed by atoms with E-state index >= 15 is 0 Å². The molecule has 1 N–H and O–H groups in total. The fraction of sp³-hybridized carbons (Fsp3) is 0.111. The minimum atomic E-state index is -0.979. The Balaban J connectivity index is 1.40. The number of thioether (sulfide) groups is 1. The molecule has 0 aliphatic heterocycles. The molecule has 6 heteroatoms. The molecule has 1 atom stereocenters. The van der Waals surface area contributed by atoms with Crippen LogP contribution < -0.4 is 4.74 Å². The van der Waals surface area contributed by atoms with E-state index in [1.54, 1.807) is 11.8 Å². The van der Waals surface area contributed by atoms with Crippen LogP contribution in [0.5, 0.6) is 5.75 Å². The number of halogens is 1. The van der Waals surface area contributed by atoms with Crippen molar-refractivity contribution in [3.05, 3.63) is 100 Å². The predicted molar refractivity (Wildman–Crippen MR) is 139 cm³/mol. The van der Waals surface area contributed by atoms with E-state index < -0.39 is 12.1 Å². The van der Waals surface area contributed by atoms with Crippen molar-refractivity contribution in [1.82, 2.24) is 4.98 Å². The number of aliphatic carboxylic acids is 1. The second kappa shape index (κ2) is 10.7. The van der Waals surface area contributed by atoms with Crippen LogP contribution in [0.1, 0.15) is 23.7 Å². The average molecular weight is 520 g/mol. The van der Waals surface area contributed by atoms with E-state index in [9.17, 15) is 4.79 Å². The van der Waals surface area contributed by atoms with Gasteiger partial charge in [0.15, 0.2) is 6.10 Å². The normalized spacial score (nSPS) is 12.2. The van der Waals surface area contributed by atoms with Crippen LogP contribution in [0.25, 0.3) is 23.1 Å². The summed E-state index contributed by atoms with van der Waals surface area (Å²) in [6.45, 7) is 1.53. The lowest BCUT2D eigenvalue weighted by atomic mass is 10.1. The second-order valence-corrected chi connectivity index (χ2v) is 9.43. The molecule has 0 fully saturated rings. The molecule has 0 aliphatic rings. The number of ether oxygens (including phenoxy) is 1. The van der Waals surface area contributed by atoms with Gasteiger partial charge >= 0.3 is 5.97 Å². The Labute approximate surface area is 205 Å². The molecule has 0 radical (unpaired) electrons. The highest BCUT2D eigenvalue weighted by Crippen LogP contribution is 2.29.